The maximum atomic E-state index is 13.2. The van der Waals surface area contributed by atoms with Crippen LogP contribution in [-0.2, 0) is 4.79 Å². The molecule has 190 valence electrons. The summed E-state index contributed by atoms with van der Waals surface area (Å²) in [6.07, 6.45) is -1.03. The molecule has 1 saturated heterocycles. The third-order valence-electron chi connectivity index (χ3n) is 6.54. The number of hydrogen-bond acceptors (Lipinski definition) is 5. The molecule has 0 spiro atoms. The molecule has 1 aliphatic carbocycles. The van der Waals surface area contributed by atoms with Gasteiger partial charge in [0.1, 0.15) is 12.0 Å². The molecule has 1 N–H and O–H groups in total. The highest BCUT2D eigenvalue weighted by molar-refractivity contribution is 5.76. The summed E-state index contributed by atoms with van der Waals surface area (Å²) in [6, 6.07) is 7.05. The summed E-state index contributed by atoms with van der Waals surface area (Å²) in [5.74, 6) is -0.339. The van der Waals surface area contributed by atoms with Crippen LogP contribution in [0.1, 0.15) is 56.2 Å². The lowest BCUT2D eigenvalue weighted by Gasteiger charge is -2.42. The number of ether oxygens (including phenoxy) is 1. The molecule has 4 atom stereocenters. The Hall–Kier alpha value is -3.24. The molecule has 2 heterocycles. The number of rotatable bonds is 7. The van der Waals surface area contributed by atoms with Crippen molar-refractivity contribution in [2.75, 3.05) is 19.6 Å². The summed E-state index contributed by atoms with van der Waals surface area (Å²) in [6.45, 7) is 5.03. The lowest BCUT2D eigenvalue weighted by molar-refractivity contribution is -0.274. The minimum atomic E-state index is -4.73. The van der Waals surface area contributed by atoms with Crippen molar-refractivity contribution in [1.82, 2.24) is 20.3 Å². The molecule has 4 rings (SSSR count). The van der Waals surface area contributed by atoms with Gasteiger partial charge in [-0.15, -0.1) is 13.2 Å². The molecule has 35 heavy (non-hydrogen) atoms. The number of carbonyl (C=O) groups is 2. The van der Waals surface area contributed by atoms with Crippen LogP contribution in [0.15, 0.2) is 41.1 Å². The molecule has 2 fully saturated rings. The summed E-state index contributed by atoms with van der Waals surface area (Å²) >= 11 is 0. The number of carbonyl (C=O) groups excluding carboxylic acids is 2. The molecule has 1 aromatic carbocycles. The van der Waals surface area contributed by atoms with E-state index in [2.05, 4.69) is 15.2 Å². The fraction of sp³-hybridized carbons (Fsp3) is 0.542. The Labute approximate surface area is 201 Å². The standard InChI is InChI=1S/C24H29F3N4O4/c1-3-9-31(15(2)32)18-11-17(21-8-10-34-29-21)13-30(14-18)23(33)28-22-12-20(22)16-4-6-19(7-5-16)35-24(25,26)27/h4-8,10,17-18,20,22H,3,9,11-14H2,1-2H3,(H,28,33)/t17?,18-,20+,22-/m1/s1. The van der Waals surface area contributed by atoms with Crippen molar-refractivity contribution in [3.63, 3.8) is 0 Å². The zero-order chi connectivity index (χ0) is 25.2. The zero-order valence-electron chi connectivity index (χ0n) is 19.6. The number of piperidine rings is 1. The van der Waals surface area contributed by atoms with E-state index in [0.29, 0.717) is 32.5 Å². The van der Waals surface area contributed by atoms with Crippen LogP contribution in [0.4, 0.5) is 18.0 Å². The van der Waals surface area contributed by atoms with Crippen LogP contribution >= 0.6 is 0 Å². The van der Waals surface area contributed by atoms with E-state index >= 15 is 0 Å². The maximum Gasteiger partial charge on any atom is 0.573 e. The summed E-state index contributed by atoms with van der Waals surface area (Å²) < 4.78 is 46.0. The number of hydrogen-bond donors (Lipinski definition) is 1. The van der Waals surface area contributed by atoms with E-state index in [0.717, 1.165) is 17.7 Å². The minimum absolute atomic E-state index is 0.0274. The summed E-state index contributed by atoms with van der Waals surface area (Å²) in [7, 11) is 0. The molecule has 3 amide bonds. The quantitative estimate of drug-likeness (QED) is 0.622. The average Bonchev–Trinajstić information content (AvgIpc) is 3.33. The van der Waals surface area contributed by atoms with Crippen LogP contribution in [0.5, 0.6) is 5.75 Å². The van der Waals surface area contributed by atoms with Gasteiger partial charge in [0.25, 0.3) is 0 Å². The van der Waals surface area contributed by atoms with Gasteiger partial charge in [-0.05, 0) is 37.0 Å². The smallest absolute Gasteiger partial charge is 0.406 e. The van der Waals surface area contributed by atoms with Gasteiger partial charge in [-0.1, -0.05) is 24.2 Å². The Bertz CT molecular complexity index is 1010. The topological polar surface area (TPSA) is 87.9 Å². The van der Waals surface area contributed by atoms with Crippen molar-refractivity contribution >= 4 is 11.9 Å². The Morgan fingerprint density at radius 2 is 1.94 bits per heavy atom. The SMILES string of the molecule is CCCN(C(C)=O)[C@@H]1CC(c2ccon2)CN(C(=O)N[C@@H]2C[C@H]2c2ccc(OC(F)(F)F)cc2)C1. The van der Waals surface area contributed by atoms with E-state index in [1.54, 1.807) is 30.0 Å². The number of nitrogens with zero attached hydrogens (tertiary/aromatic N) is 3. The number of aromatic nitrogens is 1. The van der Waals surface area contributed by atoms with Crippen LogP contribution in [0.3, 0.4) is 0 Å². The van der Waals surface area contributed by atoms with Crippen LogP contribution in [0.2, 0.25) is 0 Å². The molecule has 1 aliphatic heterocycles. The highest BCUT2D eigenvalue weighted by Crippen LogP contribution is 2.42. The van der Waals surface area contributed by atoms with Crippen LogP contribution in [0.25, 0.3) is 0 Å². The van der Waals surface area contributed by atoms with E-state index in [-0.39, 0.29) is 41.6 Å². The Morgan fingerprint density at radius 1 is 1.20 bits per heavy atom. The van der Waals surface area contributed by atoms with Crippen molar-refractivity contribution in [2.24, 2.45) is 0 Å². The molecule has 0 bridgehead atoms. The predicted octanol–water partition coefficient (Wildman–Crippen LogP) is 4.26. The maximum absolute atomic E-state index is 13.2. The second kappa shape index (κ2) is 10.2. The van der Waals surface area contributed by atoms with Gasteiger partial charge in [0.2, 0.25) is 5.91 Å². The third-order valence-corrected chi connectivity index (χ3v) is 6.54. The first kappa shape index (κ1) is 24.9. The van der Waals surface area contributed by atoms with Crippen molar-refractivity contribution in [1.29, 1.82) is 0 Å². The number of likely N-dealkylation sites (tertiary alicyclic amines) is 1. The lowest BCUT2D eigenvalue weighted by Crippen LogP contribution is -2.55. The highest BCUT2D eigenvalue weighted by Gasteiger charge is 2.42. The first-order valence-corrected chi connectivity index (χ1v) is 11.7. The normalized spacial score (nSPS) is 24.1. The van der Waals surface area contributed by atoms with Gasteiger partial charge >= 0.3 is 12.4 Å². The number of nitrogens with one attached hydrogen (secondary N) is 1. The van der Waals surface area contributed by atoms with Crippen LogP contribution < -0.4 is 10.1 Å². The monoisotopic (exact) mass is 494 g/mol. The number of alkyl halides is 3. The third kappa shape index (κ3) is 6.26. The number of urea groups is 1. The molecule has 8 nitrogen and oxygen atoms in total. The minimum Gasteiger partial charge on any atom is -0.406 e. The second-order valence-electron chi connectivity index (χ2n) is 9.14. The van der Waals surface area contributed by atoms with E-state index in [4.69, 9.17) is 4.52 Å². The van der Waals surface area contributed by atoms with E-state index in [1.807, 2.05) is 11.8 Å². The lowest BCUT2D eigenvalue weighted by atomic mass is 9.90. The molecule has 11 heteroatoms. The fourth-order valence-electron chi connectivity index (χ4n) is 4.84. The van der Waals surface area contributed by atoms with Crippen molar-refractivity contribution < 1.29 is 32.0 Å². The van der Waals surface area contributed by atoms with Gasteiger partial charge in [-0.25, -0.2) is 4.79 Å². The van der Waals surface area contributed by atoms with E-state index in [9.17, 15) is 22.8 Å². The van der Waals surface area contributed by atoms with Gasteiger partial charge in [-0.2, -0.15) is 0 Å². The molecule has 1 aromatic heterocycles. The summed E-state index contributed by atoms with van der Waals surface area (Å²) in [5.41, 5.74) is 1.59. The number of amides is 3. The van der Waals surface area contributed by atoms with E-state index in [1.165, 1.54) is 18.4 Å². The molecular weight excluding hydrogens is 465 g/mol. The zero-order valence-corrected chi connectivity index (χ0v) is 19.6. The van der Waals surface area contributed by atoms with Gasteiger partial charge < -0.3 is 24.4 Å². The first-order valence-electron chi connectivity index (χ1n) is 11.7. The van der Waals surface area contributed by atoms with Crippen molar-refractivity contribution in [2.45, 2.75) is 63.4 Å². The van der Waals surface area contributed by atoms with Crippen molar-refractivity contribution in [3.05, 3.63) is 47.9 Å². The second-order valence-corrected chi connectivity index (χ2v) is 9.14. The average molecular weight is 495 g/mol. The molecular formula is C24H29F3N4O4. The fourth-order valence-corrected chi connectivity index (χ4v) is 4.84. The highest BCUT2D eigenvalue weighted by atomic mass is 19.4. The van der Waals surface area contributed by atoms with Gasteiger partial charge in [0, 0.05) is 50.5 Å². The number of halogens is 3. The van der Waals surface area contributed by atoms with Gasteiger partial charge in [0.05, 0.1) is 11.7 Å². The van der Waals surface area contributed by atoms with Crippen LogP contribution in [0, 0.1) is 0 Å². The Kier molecular flexibility index (Phi) is 7.23. The Balaban J connectivity index is 1.40. The van der Waals surface area contributed by atoms with E-state index < -0.39 is 6.36 Å². The Morgan fingerprint density at radius 3 is 2.54 bits per heavy atom. The molecule has 0 radical (unpaired) electrons. The molecule has 2 aliphatic rings. The van der Waals surface area contributed by atoms with Gasteiger partial charge in [0.15, 0.2) is 0 Å². The first-order chi connectivity index (χ1) is 16.6. The molecule has 2 aromatic rings. The molecule has 1 unspecified atom stereocenters. The summed E-state index contributed by atoms with van der Waals surface area (Å²) in [4.78, 5) is 29.0. The number of benzene rings is 1. The summed E-state index contributed by atoms with van der Waals surface area (Å²) in [5, 5.41) is 7.10. The van der Waals surface area contributed by atoms with Crippen molar-refractivity contribution in [3.8, 4) is 5.75 Å². The largest absolute Gasteiger partial charge is 0.573 e. The van der Waals surface area contributed by atoms with Gasteiger partial charge in [-0.3, -0.25) is 4.79 Å². The van der Waals surface area contributed by atoms with Crippen LogP contribution in [-0.4, -0.2) is 65.0 Å². The predicted molar refractivity (Wildman–Crippen MR) is 120 cm³/mol. The molecule has 1 saturated carbocycles.